The maximum atomic E-state index is 4.26. The van der Waals surface area contributed by atoms with E-state index in [-0.39, 0.29) is 0 Å². The van der Waals surface area contributed by atoms with Crippen LogP contribution in [0.5, 0.6) is 0 Å². The molecular weight excluding hydrogens is 190 g/mol. The Hall–Kier alpha value is -2.30. The molecule has 5 nitrogen and oxygen atoms in total. The zero-order chi connectivity index (χ0) is 10.1. The van der Waals surface area contributed by atoms with Crippen LogP contribution in [0.4, 0.5) is 0 Å². The van der Waals surface area contributed by atoms with Crippen LogP contribution in [0.15, 0.2) is 36.5 Å². The third-order valence-electron chi connectivity index (χ3n) is 2.23. The maximum absolute atomic E-state index is 4.26. The highest BCUT2D eigenvalue weighted by Crippen LogP contribution is 2.22. The van der Waals surface area contributed by atoms with Crippen molar-refractivity contribution in [1.29, 1.82) is 0 Å². The van der Waals surface area contributed by atoms with Crippen LogP contribution in [-0.2, 0) is 0 Å². The fraction of sp³-hybridized carbons (Fsp3) is 0. The minimum absolute atomic E-state index is 0.520. The van der Waals surface area contributed by atoms with E-state index in [1.165, 1.54) is 0 Å². The van der Waals surface area contributed by atoms with Crippen molar-refractivity contribution >= 4 is 10.8 Å². The normalized spacial score (nSPS) is 10.7. The Labute approximate surface area is 85.2 Å². The monoisotopic (exact) mass is 197 g/mol. The van der Waals surface area contributed by atoms with Crippen LogP contribution in [0.2, 0.25) is 0 Å². The van der Waals surface area contributed by atoms with Crippen LogP contribution < -0.4 is 0 Å². The number of pyridine rings is 1. The lowest BCUT2D eigenvalue weighted by Crippen LogP contribution is -1.87. The van der Waals surface area contributed by atoms with E-state index in [9.17, 15) is 0 Å². The first kappa shape index (κ1) is 8.05. The van der Waals surface area contributed by atoms with Crippen molar-refractivity contribution in [1.82, 2.24) is 25.6 Å². The molecular formula is C10H7N5. The van der Waals surface area contributed by atoms with Gasteiger partial charge in [-0.15, -0.1) is 10.2 Å². The number of aromatic nitrogens is 5. The van der Waals surface area contributed by atoms with Crippen molar-refractivity contribution in [2.45, 2.75) is 0 Å². The first-order valence-electron chi connectivity index (χ1n) is 4.53. The summed E-state index contributed by atoms with van der Waals surface area (Å²) in [5, 5.41) is 16.0. The average Bonchev–Trinajstić information content (AvgIpc) is 2.82. The van der Waals surface area contributed by atoms with E-state index in [4.69, 9.17) is 0 Å². The molecule has 0 unspecified atom stereocenters. The molecule has 5 heteroatoms. The van der Waals surface area contributed by atoms with Gasteiger partial charge in [0.2, 0.25) is 5.82 Å². The van der Waals surface area contributed by atoms with Gasteiger partial charge in [-0.2, -0.15) is 5.21 Å². The molecule has 3 aromatic rings. The van der Waals surface area contributed by atoms with Gasteiger partial charge in [0.1, 0.15) is 5.69 Å². The van der Waals surface area contributed by atoms with Crippen LogP contribution in [0.1, 0.15) is 0 Å². The summed E-state index contributed by atoms with van der Waals surface area (Å²) in [5.41, 5.74) is 0.752. The molecule has 72 valence electrons. The largest absolute Gasteiger partial charge is 0.252 e. The van der Waals surface area contributed by atoms with Crippen molar-refractivity contribution in [3.05, 3.63) is 36.5 Å². The van der Waals surface area contributed by atoms with Crippen LogP contribution in [0.3, 0.4) is 0 Å². The zero-order valence-corrected chi connectivity index (χ0v) is 7.75. The van der Waals surface area contributed by atoms with Gasteiger partial charge in [0.05, 0.1) is 0 Å². The van der Waals surface area contributed by atoms with Gasteiger partial charge in [-0.05, 0) is 16.7 Å². The molecule has 0 atom stereocenters. The number of nitrogens with zero attached hydrogens (tertiary/aromatic N) is 4. The number of rotatable bonds is 1. The highest BCUT2D eigenvalue weighted by molar-refractivity contribution is 5.92. The lowest BCUT2D eigenvalue weighted by atomic mass is 10.1. The molecule has 2 aromatic heterocycles. The van der Waals surface area contributed by atoms with Gasteiger partial charge >= 0.3 is 0 Å². The van der Waals surface area contributed by atoms with Gasteiger partial charge in [-0.3, -0.25) is 4.98 Å². The summed E-state index contributed by atoms with van der Waals surface area (Å²) < 4.78 is 0. The van der Waals surface area contributed by atoms with Crippen LogP contribution in [0.25, 0.3) is 22.3 Å². The van der Waals surface area contributed by atoms with E-state index in [1.54, 1.807) is 6.20 Å². The molecule has 15 heavy (non-hydrogen) atoms. The number of tetrazole rings is 1. The van der Waals surface area contributed by atoms with Crippen molar-refractivity contribution < 1.29 is 0 Å². The first-order valence-corrected chi connectivity index (χ1v) is 4.53. The Bertz CT molecular complexity index is 582. The van der Waals surface area contributed by atoms with Crippen LogP contribution in [-0.4, -0.2) is 25.6 Å². The SMILES string of the molecule is c1ccc2c(-c3nn[nH]n3)nccc2c1. The molecule has 0 radical (unpaired) electrons. The van der Waals surface area contributed by atoms with Gasteiger partial charge in [-0.1, -0.05) is 24.3 Å². The van der Waals surface area contributed by atoms with E-state index in [0.717, 1.165) is 16.5 Å². The molecule has 0 aliphatic rings. The van der Waals surface area contributed by atoms with Gasteiger partial charge in [-0.25, -0.2) is 0 Å². The molecule has 0 fully saturated rings. The topological polar surface area (TPSA) is 67.3 Å². The van der Waals surface area contributed by atoms with E-state index in [1.807, 2.05) is 30.3 Å². The quantitative estimate of drug-likeness (QED) is 0.640. The number of hydrogen-bond donors (Lipinski definition) is 1. The number of nitrogens with one attached hydrogen (secondary N) is 1. The highest BCUT2D eigenvalue weighted by Gasteiger charge is 2.08. The predicted octanol–water partition coefficient (Wildman–Crippen LogP) is 1.41. The van der Waals surface area contributed by atoms with E-state index in [2.05, 4.69) is 25.6 Å². The minimum Gasteiger partial charge on any atom is -0.252 e. The zero-order valence-electron chi connectivity index (χ0n) is 7.75. The summed E-state index contributed by atoms with van der Waals surface area (Å²) in [5.74, 6) is 0.520. The summed E-state index contributed by atoms with van der Waals surface area (Å²) in [4.78, 5) is 4.26. The first-order chi connectivity index (χ1) is 7.45. The van der Waals surface area contributed by atoms with Gasteiger partial charge < -0.3 is 0 Å². The number of H-pyrrole nitrogens is 1. The molecule has 0 spiro atoms. The fourth-order valence-corrected chi connectivity index (χ4v) is 1.56. The number of hydrogen-bond acceptors (Lipinski definition) is 4. The second-order valence-electron chi connectivity index (χ2n) is 3.12. The second kappa shape index (κ2) is 3.13. The van der Waals surface area contributed by atoms with Gasteiger partial charge in [0.15, 0.2) is 0 Å². The second-order valence-corrected chi connectivity index (χ2v) is 3.12. The predicted molar refractivity (Wildman–Crippen MR) is 54.9 cm³/mol. The lowest BCUT2D eigenvalue weighted by molar-refractivity contribution is 0.881. The summed E-state index contributed by atoms with van der Waals surface area (Å²) in [7, 11) is 0. The molecule has 1 aromatic carbocycles. The summed E-state index contributed by atoms with van der Waals surface area (Å²) in [6.45, 7) is 0. The Morgan fingerprint density at radius 3 is 2.87 bits per heavy atom. The lowest BCUT2D eigenvalue weighted by Gasteiger charge is -2.00. The van der Waals surface area contributed by atoms with Gasteiger partial charge in [0.25, 0.3) is 0 Å². The average molecular weight is 197 g/mol. The molecule has 3 rings (SSSR count). The summed E-state index contributed by atoms with van der Waals surface area (Å²) >= 11 is 0. The Kier molecular flexibility index (Phi) is 1.68. The molecule has 0 saturated carbocycles. The number of aromatic amines is 1. The van der Waals surface area contributed by atoms with Crippen molar-refractivity contribution in [3.63, 3.8) is 0 Å². The van der Waals surface area contributed by atoms with E-state index < -0.39 is 0 Å². The van der Waals surface area contributed by atoms with Crippen molar-refractivity contribution in [2.24, 2.45) is 0 Å². The third kappa shape index (κ3) is 1.25. The maximum Gasteiger partial charge on any atom is 0.223 e. The van der Waals surface area contributed by atoms with E-state index >= 15 is 0 Å². The molecule has 0 amide bonds. The minimum atomic E-state index is 0.520. The molecule has 0 saturated heterocycles. The number of benzene rings is 1. The van der Waals surface area contributed by atoms with Crippen LogP contribution in [0, 0.1) is 0 Å². The van der Waals surface area contributed by atoms with Gasteiger partial charge in [0, 0.05) is 11.6 Å². The van der Waals surface area contributed by atoms with E-state index in [0.29, 0.717) is 5.82 Å². The van der Waals surface area contributed by atoms with Crippen molar-refractivity contribution in [3.8, 4) is 11.5 Å². The Morgan fingerprint density at radius 2 is 2.00 bits per heavy atom. The molecule has 0 bridgehead atoms. The molecule has 2 heterocycles. The molecule has 0 aliphatic heterocycles. The van der Waals surface area contributed by atoms with Crippen molar-refractivity contribution in [2.75, 3.05) is 0 Å². The number of fused-ring (bicyclic) bond motifs is 1. The summed E-state index contributed by atoms with van der Waals surface area (Å²) in [6, 6.07) is 9.93. The third-order valence-corrected chi connectivity index (χ3v) is 2.23. The Balaban J connectivity index is 2.36. The van der Waals surface area contributed by atoms with Crippen LogP contribution >= 0.6 is 0 Å². The molecule has 1 N–H and O–H groups in total. The standard InChI is InChI=1S/C10H7N5/c1-2-4-8-7(3-1)5-6-11-9(8)10-12-14-15-13-10/h1-6H,(H,12,13,14,15). The molecule has 0 aliphatic carbocycles. The highest BCUT2D eigenvalue weighted by atomic mass is 15.5. The smallest absolute Gasteiger partial charge is 0.223 e. The summed E-state index contributed by atoms with van der Waals surface area (Å²) in [6.07, 6.45) is 1.74. The fourth-order valence-electron chi connectivity index (χ4n) is 1.56. The Morgan fingerprint density at radius 1 is 1.07 bits per heavy atom.